The van der Waals surface area contributed by atoms with Gasteiger partial charge in [-0.2, -0.15) is 0 Å². The lowest BCUT2D eigenvalue weighted by Gasteiger charge is -2.19. The van der Waals surface area contributed by atoms with E-state index in [0.29, 0.717) is 11.8 Å². The van der Waals surface area contributed by atoms with E-state index in [-0.39, 0.29) is 0 Å². The van der Waals surface area contributed by atoms with Crippen LogP contribution in [0.1, 0.15) is 155 Å². The molecule has 0 spiro atoms. The second-order valence-corrected chi connectivity index (χ2v) is 13.9. The van der Waals surface area contributed by atoms with Gasteiger partial charge >= 0.3 is 0 Å². The lowest BCUT2D eigenvalue weighted by molar-refractivity contribution is 0.568. The van der Waals surface area contributed by atoms with Crippen LogP contribution < -0.4 is 11.5 Å². The molecule has 4 aromatic rings. The fourth-order valence-electron chi connectivity index (χ4n) is 7.10. The molecule has 0 aliphatic carbocycles. The van der Waals surface area contributed by atoms with E-state index in [9.17, 15) is 0 Å². The minimum Gasteiger partial charge on any atom is -0.399 e. The van der Waals surface area contributed by atoms with Crippen LogP contribution in [0.25, 0.3) is 0 Å². The largest absolute Gasteiger partial charge is 0.399 e. The smallest absolute Gasteiger partial charge is 0.0314 e. The molecule has 0 amide bonds. The number of nitrogens with two attached hydrogens (primary N) is 2. The summed E-state index contributed by atoms with van der Waals surface area (Å²) in [5.41, 5.74) is 22.2. The molecule has 47 heavy (non-hydrogen) atoms. The third kappa shape index (κ3) is 12.5. The van der Waals surface area contributed by atoms with Gasteiger partial charge in [0.05, 0.1) is 0 Å². The Bertz CT molecular complexity index is 1260. The van der Waals surface area contributed by atoms with Gasteiger partial charge in [0.15, 0.2) is 0 Å². The van der Waals surface area contributed by atoms with Crippen molar-refractivity contribution < 1.29 is 0 Å². The number of nitrogen functional groups attached to an aromatic ring is 2. The van der Waals surface area contributed by atoms with Crippen molar-refractivity contribution >= 4 is 11.4 Å². The SMILES string of the molecule is CCCCCCCCC(c1ccc(N)cc1)c1ccc(CCCc2ccc(C(CCCCCCCC)c3ccc(N)cc3)cc2)cc1. The van der Waals surface area contributed by atoms with E-state index < -0.39 is 0 Å². The lowest BCUT2D eigenvalue weighted by Crippen LogP contribution is -2.03. The number of anilines is 2. The molecule has 2 atom stereocenters. The lowest BCUT2D eigenvalue weighted by atomic mass is 9.85. The zero-order valence-electron chi connectivity index (χ0n) is 29.6. The average molecular weight is 631 g/mol. The van der Waals surface area contributed by atoms with Crippen LogP contribution in [0, 0.1) is 0 Å². The van der Waals surface area contributed by atoms with Crippen LogP contribution >= 0.6 is 0 Å². The second-order valence-electron chi connectivity index (χ2n) is 13.9. The third-order valence-corrected chi connectivity index (χ3v) is 10.1. The number of hydrogen-bond donors (Lipinski definition) is 2. The van der Waals surface area contributed by atoms with E-state index >= 15 is 0 Å². The van der Waals surface area contributed by atoms with Crippen LogP contribution in [-0.4, -0.2) is 0 Å². The molecular weight excluding hydrogens is 569 g/mol. The molecule has 4 aromatic carbocycles. The third-order valence-electron chi connectivity index (χ3n) is 10.1. The average Bonchev–Trinajstić information content (AvgIpc) is 3.10. The maximum absolute atomic E-state index is 6.02. The highest BCUT2D eigenvalue weighted by molar-refractivity contribution is 5.44. The fourth-order valence-corrected chi connectivity index (χ4v) is 7.10. The summed E-state index contributed by atoms with van der Waals surface area (Å²) >= 11 is 0. The summed E-state index contributed by atoms with van der Waals surface area (Å²) in [4.78, 5) is 0. The topological polar surface area (TPSA) is 52.0 Å². The molecule has 4 N–H and O–H groups in total. The highest BCUT2D eigenvalue weighted by atomic mass is 14.5. The van der Waals surface area contributed by atoms with Crippen molar-refractivity contribution in [1.29, 1.82) is 0 Å². The number of hydrogen-bond acceptors (Lipinski definition) is 2. The maximum Gasteiger partial charge on any atom is 0.0314 e. The van der Waals surface area contributed by atoms with Crippen LogP contribution in [0.15, 0.2) is 97.1 Å². The summed E-state index contributed by atoms with van der Waals surface area (Å²) in [7, 11) is 0. The Labute approximate surface area is 287 Å². The van der Waals surface area contributed by atoms with Crippen molar-refractivity contribution in [3.05, 3.63) is 130 Å². The molecule has 0 heterocycles. The van der Waals surface area contributed by atoms with Crippen LogP contribution in [0.5, 0.6) is 0 Å². The van der Waals surface area contributed by atoms with Crippen molar-refractivity contribution in [2.75, 3.05) is 11.5 Å². The van der Waals surface area contributed by atoms with Crippen molar-refractivity contribution in [3.63, 3.8) is 0 Å². The Balaban J connectivity index is 1.31. The van der Waals surface area contributed by atoms with Gasteiger partial charge in [-0.05, 0) is 89.8 Å². The highest BCUT2D eigenvalue weighted by Crippen LogP contribution is 2.33. The Morgan fingerprint density at radius 1 is 0.362 bits per heavy atom. The second kappa shape index (κ2) is 20.7. The molecule has 4 rings (SSSR count). The molecule has 0 saturated carbocycles. The summed E-state index contributed by atoms with van der Waals surface area (Å²) in [6.45, 7) is 4.57. The van der Waals surface area contributed by atoms with Gasteiger partial charge in [-0.25, -0.2) is 0 Å². The maximum atomic E-state index is 6.02. The van der Waals surface area contributed by atoms with Gasteiger partial charge in [-0.3, -0.25) is 0 Å². The molecule has 2 nitrogen and oxygen atoms in total. The molecule has 2 heteroatoms. The monoisotopic (exact) mass is 630 g/mol. The van der Waals surface area contributed by atoms with Gasteiger partial charge in [-0.15, -0.1) is 0 Å². The summed E-state index contributed by atoms with van der Waals surface area (Å²) < 4.78 is 0. The molecule has 0 bridgehead atoms. The van der Waals surface area contributed by atoms with E-state index in [2.05, 4.69) is 111 Å². The van der Waals surface area contributed by atoms with E-state index in [1.165, 1.54) is 123 Å². The minimum atomic E-state index is 0.437. The molecule has 252 valence electrons. The Kier molecular flexibility index (Phi) is 16.0. The van der Waals surface area contributed by atoms with Crippen LogP contribution in [-0.2, 0) is 12.8 Å². The number of unbranched alkanes of at least 4 members (excludes halogenated alkanes) is 10. The van der Waals surface area contributed by atoms with Crippen molar-refractivity contribution in [3.8, 4) is 0 Å². The summed E-state index contributed by atoms with van der Waals surface area (Å²) in [6, 6.07) is 36.1. The van der Waals surface area contributed by atoms with E-state index in [1.54, 1.807) is 0 Å². The van der Waals surface area contributed by atoms with Crippen molar-refractivity contribution in [2.24, 2.45) is 0 Å². The van der Waals surface area contributed by atoms with Crippen molar-refractivity contribution in [2.45, 2.75) is 135 Å². The first kappa shape index (κ1) is 36.3. The zero-order chi connectivity index (χ0) is 33.1. The van der Waals surface area contributed by atoms with Crippen molar-refractivity contribution in [1.82, 2.24) is 0 Å². The summed E-state index contributed by atoms with van der Waals surface area (Å²) in [6.07, 6.45) is 21.7. The summed E-state index contributed by atoms with van der Waals surface area (Å²) in [5.74, 6) is 0.875. The fraction of sp³-hybridized carbons (Fsp3) is 0.467. The normalized spacial score (nSPS) is 12.6. The van der Waals surface area contributed by atoms with Gasteiger partial charge in [-0.1, -0.05) is 164 Å². The molecule has 2 unspecified atom stereocenters. The number of aryl methyl sites for hydroxylation is 2. The molecule has 0 radical (unpaired) electrons. The number of rotatable bonds is 22. The van der Waals surface area contributed by atoms with Gasteiger partial charge in [0, 0.05) is 23.2 Å². The molecule has 0 fully saturated rings. The quantitative estimate of drug-likeness (QED) is 0.0670. The first-order valence-corrected chi connectivity index (χ1v) is 19.0. The first-order chi connectivity index (χ1) is 23.1. The zero-order valence-corrected chi connectivity index (χ0v) is 29.6. The predicted molar refractivity (Wildman–Crippen MR) is 206 cm³/mol. The molecule has 0 aromatic heterocycles. The standard InChI is InChI=1S/C45H62N2/c1-3-5-7-9-11-13-18-44(40-28-32-42(46)33-29-40)38-24-20-36(21-25-38)16-15-17-37-22-26-39(27-23-37)45(19-14-12-10-8-6-4-2)41-30-34-43(47)35-31-41/h20-35,44-45H,3-19,46-47H2,1-2H3. The van der Waals surface area contributed by atoms with Gasteiger partial charge in [0.1, 0.15) is 0 Å². The Morgan fingerprint density at radius 3 is 1.00 bits per heavy atom. The van der Waals surface area contributed by atoms with E-state index in [4.69, 9.17) is 11.5 Å². The van der Waals surface area contributed by atoms with E-state index in [0.717, 1.165) is 30.6 Å². The Hall–Kier alpha value is -3.52. The van der Waals surface area contributed by atoms with Crippen LogP contribution in [0.2, 0.25) is 0 Å². The molecule has 0 aliphatic heterocycles. The molecule has 0 aliphatic rings. The summed E-state index contributed by atoms with van der Waals surface area (Å²) in [5, 5.41) is 0. The minimum absolute atomic E-state index is 0.437. The van der Waals surface area contributed by atoms with Crippen LogP contribution in [0.3, 0.4) is 0 Å². The molecule has 0 saturated heterocycles. The Morgan fingerprint density at radius 2 is 0.660 bits per heavy atom. The predicted octanol–water partition coefficient (Wildman–Crippen LogP) is 12.8. The van der Waals surface area contributed by atoms with E-state index in [1.807, 2.05) is 0 Å². The number of benzene rings is 4. The van der Waals surface area contributed by atoms with Crippen LogP contribution in [0.4, 0.5) is 11.4 Å². The van der Waals surface area contributed by atoms with Gasteiger partial charge < -0.3 is 11.5 Å². The first-order valence-electron chi connectivity index (χ1n) is 19.0. The van der Waals surface area contributed by atoms with Gasteiger partial charge in [0.2, 0.25) is 0 Å². The highest BCUT2D eigenvalue weighted by Gasteiger charge is 2.16. The van der Waals surface area contributed by atoms with Gasteiger partial charge in [0.25, 0.3) is 0 Å². The molecular formula is C45H62N2.